The quantitative estimate of drug-likeness (QED) is 0.890. The second-order valence-electron chi connectivity index (χ2n) is 6.18. The number of likely N-dealkylation sites (tertiary alicyclic amines) is 1. The minimum atomic E-state index is -0.847. The van der Waals surface area contributed by atoms with Crippen molar-refractivity contribution in [1.29, 1.82) is 0 Å². The van der Waals surface area contributed by atoms with Crippen LogP contribution in [0.25, 0.3) is 0 Å². The molecule has 122 valence electrons. The molecule has 1 aromatic carbocycles. The van der Waals surface area contributed by atoms with E-state index in [0.29, 0.717) is 18.0 Å². The number of rotatable bonds is 5. The van der Waals surface area contributed by atoms with E-state index >= 15 is 0 Å². The predicted octanol–water partition coefficient (Wildman–Crippen LogP) is 3.05. The molecule has 0 bridgehead atoms. The van der Waals surface area contributed by atoms with E-state index < -0.39 is 5.97 Å². The summed E-state index contributed by atoms with van der Waals surface area (Å²) in [5.74, 6) is -0.307. The van der Waals surface area contributed by atoms with Gasteiger partial charge in [-0.25, -0.2) is 4.79 Å². The van der Waals surface area contributed by atoms with Gasteiger partial charge in [0.1, 0.15) is 0 Å². The van der Waals surface area contributed by atoms with Crippen LogP contribution in [0.3, 0.4) is 0 Å². The van der Waals surface area contributed by atoms with E-state index in [1.807, 2.05) is 18.3 Å². The highest BCUT2D eigenvalue weighted by Crippen LogP contribution is 2.29. The molecule has 0 aliphatic carbocycles. The summed E-state index contributed by atoms with van der Waals surface area (Å²) in [6, 6.07) is 7.29. The molecular weight excluding hydrogens is 290 g/mol. The average molecular weight is 313 g/mol. The molecule has 0 amide bonds. The Labute approximate surface area is 136 Å². The van der Waals surface area contributed by atoms with E-state index in [-0.39, 0.29) is 0 Å². The molecule has 1 saturated heterocycles. The van der Waals surface area contributed by atoms with Crippen LogP contribution in [0.5, 0.6) is 0 Å². The van der Waals surface area contributed by atoms with Gasteiger partial charge in [-0.15, -0.1) is 0 Å². The molecule has 1 aromatic heterocycles. The van der Waals surface area contributed by atoms with Gasteiger partial charge in [0.25, 0.3) is 0 Å². The Bertz CT molecular complexity index is 672. The van der Waals surface area contributed by atoms with Crippen LogP contribution in [0.2, 0.25) is 0 Å². The van der Waals surface area contributed by atoms with Crippen molar-refractivity contribution in [2.75, 3.05) is 13.1 Å². The molecular formula is C18H23N3O2. The van der Waals surface area contributed by atoms with Gasteiger partial charge in [-0.1, -0.05) is 25.1 Å². The minimum Gasteiger partial charge on any atom is -0.478 e. The maximum atomic E-state index is 11.3. The van der Waals surface area contributed by atoms with Crippen molar-refractivity contribution < 1.29 is 9.90 Å². The summed E-state index contributed by atoms with van der Waals surface area (Å²) in [6.07, 6.45) is 5.12. The van der Waals surface area contributed by atoms with E-state index in [1.165, 1.54) is 11.3 Å². The van der Waals surface area contributed by atoms with Gasteiger partial charge in [0, 0.05) is 18.2 Å². The van der Waals surface area contributed by atoms with Crippen molar-refractivity contribution in [2.45, 2.75) is 38.6 Å². The largest absolute Gasteiger partial charge is 0.478 e. The summed E-state index contributed by atoms with van der Waals surface area (Å²) in [5.41, 5.74) is 3.92. The highest BCUT2D eigenvalue weighted by molar-refractivity contribution is 5.89. The van der Waals surface area contributed by atoms with E-state index in [1.54, 1.807) is 12.1 Å². The fourth-order valence-electron chi connectivity index (χ4n) is 3.44. The molecule has 3 rings (SSSR count). The van der Waals surface area contributed by atoms with E-state index in [9.17, 15) is 9.90 Å². The molecule has 2 N–H and O–H groups in total. The summed E-state index contributed by atoms with van der Waals surface area (Å²) in [5, 5.41) is 16.6. The number of H-pyrrole nitrogens is 1. The van der Waals surface area contributed by atoms with Gasteiger partial charge >= 0.3 is 5.97 Å². The number of carboxylic acid groups (broad SMARTS) is 1. The van der Waals surface area contributed by atoms with E-state index in [2.05, 4.69) is 22.0 Å². The normalized spacial score (nSPS) is 16.6. The monoisotopic (exact) mass is 313 g/mol. The Balaban J connectivity index is 1.63. The zero-order chi connectivity index (χ0) is 16.2. The second kappa shape index (κ2) is 6.96. The van der Waals surface area contributed by atoms with Crippen molar-refractivity contribution >= 4 is 5.97 Å². The van der Waals surface area contributed by atoms with Crippen molar-refractivity contribution in [3.05, 3.63) is 52.8 Å². The number of aryl methyl sites for hydroxylation is 1. The molecule has 0 radical (unpaired) electrons. The first-order valence-electron chi connectivity index (χ1n) is 8.24. The van der Waals surface area contributed by atoms with E-state index in [4.69, 9.17) is 0 Å². The molecule has 1 fully saturated rings. The fourth-order valence-corrected chi connectivity index (χ4v) is 3.44. The molecule has 5 nitrogen and oxygen atoms in total. The maximum Gasteiger partial charge on any atom is 0.336 e. The standard InChI is InChI=1S/C18H23N3O2/c1-2-13-11-19-20-17(13)14-7-9-21(10-8-14)12-15-5-3-4-6-16(15)18(22)23/h3-6,11,14H,2,7-10,12H2,1H3,(H,19,20)(H,22,23). The summed E-state index contributed by atoms with van der Waals surface area (Å²) >= 11 is 0. The highest BCUT2D eigenvalue weighted by atomic mass is 16.4. The number of carboxylic acids is 1. The van der Waals surface area contributed by atoms with Gasteiger partial charge in [-0.3, -0.25) is 10.00 Å². The first-order chi connectivity index (χ1) is 11.2. The number of hydrogen-bond donors (Lipinski definition) is 2. The number of nitrogens with zero attached hydrogens (tertiary/aromatic N) is 2. The van der Waals surface area contributed by atoms with Crippen LogP contribution in [-0.4, -0.2) is 39.3 Å². The number of nitrogens with one attached hydrogen (secondary N) is 1. The third-order valence-electron chi connectivity index (χ3n) is 4.77. The lowest BCUT2D eigenvalue weighted by Gasteiger charge is -2.32. The lowest BCUT2D eigenvalue weighted by Crippen LogP contribution is -2.33. The first-order valence-corrected chi connectivity index (χ1v) is 8.24. The number of aromatic amines is 1. The fraction of sp³-hybridized carbons (Fsp3) is 0.444. The van der Waals surface area contributed by atoms with Gasteiger partial charge in [-0.05, 0) is 49.5 Å². The molecule has 0 atom stereocenters. The highest BCUT2D eigenvalue weighted by Gasteiger charge is 2.24. The van der Waals surface area contributed by atoms with Crippen LogP contribution in [0.4, 0.5) is 0 Å². The molecule has 1 aliphatic heterocycles. The Morgan fingerprint density at radius 2 is 2.04 bits per heavy atom. The lowest BCUT2D eigenvalue weighted by molar-refractivity contribution is 0.0694. The van der Waals surface area contributed by atoms with Crippen molar-refractivity contribution in [2.24, 2.45) is 0 Å². The molecule has 0 unspecified atom stereocenters. The third kappa shape index (κ3) is 3.45. The molecule has 1 aliphatic rings. The summed E-state index contributed by atoms with van der Waals surface area (Å²) in [7, 11) is 0. The topological polar surface area (TPSA) is 69.2 Å². The third-order valence-corrected chi connectivity index (χ3v) is 4.77. The maximum absolute atomic E-state index is 11.3. The van der Waals surface area contributed by atoms with Crippen LogP contribution < -0.4 is 0 Å². The second-order valence-corrected chi connectivity index (χ2v) is 6.18. The number of aromatic carboxylic acids is 1. The van der Waals surface area contributed by atoms with Crippen molar-refractivity contribution in [1.82, 2.24) is 15.1 Å². The average Bonchev–Trinajstić information content (AvgIpc) is 3.04. The molecule has 2 heterocycles. The zero-order valence-electron chi connectivity index (χ0n) is 13.5. The van der Waals surface area contributed by atoms with Gasteiger partial charge in [-0.2, -0.15) is 5.10 Å². The molecule has 23 heavy (non-hydrogen) atoms. The number of piperidine rings is 1. The van der Waals surface area contributed by atoms with Crippen molar-refractivity contribution in [3.8, 4) is 0 Å². The van der Waals surface area contributed by atoms with Crippen LogP contribution in [0.15, 0.2) is 30.5 Å². The Morgan fingerprint density at radius 1 is 1.30 bits per heavy atom. The summed E-state index contributed by atoms with van der Waals surface area (Å²) in [6.45, 7) is 4.84. The summed E-state index contributed by atoms with van der Waals surface area (Å²) in [4.78, 5) is 13.7. The molecule has 2 aromatic rings. The predicted molar refractivity (Wildman–Crippen MR) is 88.6 cm³/mol. The van der Waals surface area contributed by atoms with Crippen LogP contribution in [0, 0.1) is 0 Å². The number of carbonyl (C=O) groups is 1. The van der Waals surface area contributed by atoms with Crippen molar-refractivity contribution in [3.63, 3.8) is 0 Å². The SMILES string of the molecule is CCc1cn[nH]c1C1CCN(Cc2ccccc2C(=O)O)CC1. The zero-order valence-corrected chi connectivity index (χ0v) is 13.5. The molecule has 5 heteroatoms. The van der Waals surface area contributed by atoms with Gasteiger partial charge in [0.15, 0.2) is 0 Å². The van der Waals surface area contributed by atoms with Gasteiger partial charge < -0.3 is 5.11 Å². The van der Waals surface area contributed by atoms with Gasteiger partial charge in [0.05, 0.1) is 11.8 Å². The Hall–Kier alpha value is -2.14. The number of hydrogen-bond acceptors (Lipinski definition) is 3. The first kappa shape index (κ1) is 15.7. The lowest BCUT2D eigenvalue weighted by atomic mass is 9.90. The number of aromatic nitrogens is 2. The van der Waals surface area contributed by atoms with E-state index in [0.717, 1.165) is 37.9 Å². The van der Waals surface area contributed by atoms with Crippen LogP contribution >= 0.6 is 0 Å². The van der Waals surface area contributed by atoms with Gasteiger partial charge in [0.2, 0.25) is 0 Å². The van der Waals surface area contributed by atoms with Crippen LogP contribution in [0.1, 0.15) is 52.9 Å². The molecule has 0 spiro atoms. The van der Waals surface area contributed by atoms with Crippen LogP contribution in [-0.2, 0) is 13.0 Å². The summed E-state index contributed by atoms with van der Waals surface area (Å²) < 4.78 is 0. The smallest absolute Gasteiger partial charge is 0.336 e. The number of benzene rings is 1. The Kier molecular flexibility index (Phi) is 4.76. The molecule has 0 saturated carbocycles. The Morgan fingerprint density at radius 3 is 2.74 bits per heavy atom. The minimum absolute atomic E-state index is 0.413.